The van der Waals surface area contributed by atoms with Crippen LogP contribution in [0.25, 0.3) is 0 Å². The third-order valence-electron chi connectivity index (χ3n) is 2.83. The van der Waals surface area contributed by atoms with Crippen molar-refractivity contribution in [1.29, 1.82) is 0 Å². The highest BCUT2D eigenvalue weighted by Crippen LogP contribution is 2.12. The molecule has 2 rings (SSSR count). The van der Waals surface area contributed by atoms with E-state index in [1.54, 1.807) is 0 Å². The van der Waals surface area contributed by atoms with Crippen molar-refractivity contribution in [3.8, 4) is 0 Å². The Kier molecular flexibility index (Phi) is 5.00. The first-order valence-corrected chi connectivity index (χ1v) is 6.99. The minimum absolute atomic E-state index is 0.663. The van der Waals surface area contributed by atoms with Gasteiger partial charge >= 0.3 is 0 Å². The summed E-state index contributed by atoms with van der Waals surface area (Å²) < 4.78 is 0. The van der Waals surface area contributed by atoms with Crippen molar-refractivity contribution in [3.63, 3.8) is 0 Å². The van der Waals surface area contributed by atoms with Crippen LogP contribution < -0.4 is 5.32 Å². The van der Waals surface area contributed by atoms with Gasteiger partial charge in [-0.3, -0.25) is 0 Å². The normalized spacial score (nSPS) is 11.2. The quantitative estimate of drug-likeness (QED) is 0.850. The summed E-state index contributed by atoms with van der Waals surface area (Å²) in [5, 5.41) is 4.16. The molecule has 0 amide bonds. The van der Waals surface area contributed by atoms with Crippen LogP contribution >= 0.6 is 11.6 Å². The second-order valence-corrected chi connectivity index (χ2v) is 5.62. The number of H-pyrrole nitrogens is 1. The van der Waals surface area contributed by atoms with Crippen molar-refractivity contribution in [2.75, 3.05) is 6.54 Å². The van der Waals surface area contributed by atoms with Gasteiger partial charge in [0.15, 0.2) is 0 Å². The minimum Gasteiger partial charge on any atom is -0.345 e. The highest BCUT2D eigenvalue weighted by molar-refractivity contribution is 6.30. The molecule has 2 aromatic rings. The summed E-state index contributed by atoms with van der Waals surface area (Å²) in [6, 6.07) is 7.87. The van der Waals surface area contributed by atoms with Gasteiger partial charge in [0.2, 0.25) is 0 Å². The monoisotopic (exact) mass is 277 g/mol. The van der Waals surface area contributed by atoms with Gasteiger partial charge in [0.1, 0.15) is 5.82 Å². The molecule has 19 heavy (non-hydrogen) atoms. The lowest BCUT2D eigenvalue weighted by molar-refractivity contribution is 0.548. The number of aromatic nitrogens is 2. The summed E-state index contributed by atoms with van der Waals surface area (Å²) in [7, 11) is 0. The Bertz CT molecular complexity index is 502. The maximum Gasteiger partial charge on any atom is 0.110 e. The first-order chi connectivity index (χ1) is 9.13. The first kappa shape index (κ1) is 14.1. The lowest BCUT2D eigenvalue weighted by Crippen LogP contribution is -2.19. The molecule has 1 aromatic carbocycles. The average Bonchev–Trinajstić information content (AvgIpc) is 2.79. The number of hydrogen-bond donors (Lipinski definition) is 2. The van der Waals surface area contributed by atoms with Crippen molar-refractivity contribution in [3.05, 3.63) is 52.6 Å². The molecule has 1 aromatic heterocycles. The van der Waals surface area contributed by atoms with E-state index in [0.717, 1.165) is 36.1 Å². The molecule has 0 bridgehead atoms. The third kappa shape index (κ3) is 4.69. The van der Waals surface area contributed by atoms with Crippen LogP contribution in [-0.2, 0) is 13.0 Å². The van der Waals surface area contributed by atoms with E-state index in [2.05, 4.69) is 29.1 Å². The van der Waals surface area contributed by atoms with E-state index in [1.807, 2.05) is 30.5 Å². The van der Waals surface area contributed by atoms with Gasteiger partial charge in [-0.1, -0.05) is 37.6 Å². The SMILES string of the molecule is CC(C)CNCc1cnc(Cc2ccc(Cl)cc2)[nH]1. The maximum absolute atomic E-state index is 5.87. The zero-order valence-electron chi connectivity index (χ0n) is 11.4. The van der Waals surface area contributed by atoms with E-state index in [0.29, 0.717) is 5.92 Å². The van der Waals surface area contributed by atoms with Gasteiger partial charge in [0, 0.05) is 29.9 Å². The Morgan fingerprint density at radius 1 is 1.26 bits per heavy atom. The second kappa shape index (κ2) is 6.73. The Labute approximate surface area is 119 Å². The van der Waals surface area contributed by atoms with Gasteiger partial charge < -0.3 is 10.3 Å². The zero-order chi connectivity index (χ0) is 13.7. The van der Waals surface area contributed by atoms with Crippen molar-refractivity contribution in [2.24, 2.45) is 5.92 Å². The van der Waals surface area contributed by atoms with Gasteiger partial charge in [-0.05, 0) is 30.2 Å². The molecule has 0 aliphatic rings. The summed E-state index contributed by atoms with van der Waals surface area (Å²) in [5.74, 6) is 1.65. The Morgan fingerprint density at radius 2 is 2.00 bits per heavy atom. The Balaban J connectivity index is 1.88. The van der Waals surface area contributed by atoms with E-state index in [9.17, 15) is 0 Å². The van der Waals surface area contributed by atoms with E-state index in [-0.39, 0.29) is 0 Å². The number of rotatable bonds is 6. The maximum atomic E-state index is 5.87. The lowest BCUT2D eigenvalue weighted by Gasteiger charge is -2.05. The molecular weight excluding hydrogens is 258 g/mol. The first-order valence-electron chi connectivity index (χ1n) is 6.61. The molecule has 0 atom stereocenters. The van der Waals surface area contributed by atoms with Gasteiger partial charge in [0.05, 0.1) is 0 Å². The molecule has 0 radical (unpaired) electrons. The van der Waals surface area contributed by atoms with E-state index >= 15 is 0 Å². The van der Waals surface area contributed by atoms with Crippen molar-refractivity contribution < 1.29 is 0 Å². The number of hydrogen-bond acceptors (Lipinski definition) is 2. The molecule has 2 N–H and O–H groups in total. The van der Waals surface area contributed by atoms with E-state index in [4.69, 9.17) is 11.6 Å². The Hall–Kier alpha value is -1.32. The van der Waals surface area contributed by atoms with Crippen molar-refractivity contribution >= 4 is 11.6 Å². The molecular formula is C15H20ClN3. The molecule has 0 spiro atoms. The highest BCUT2D eigenvalue weighted by Gasteiger charge is 2.02. The number of nitrogens with zero attached hydrogens (tertiary/aromatic N) is 1. The fraction of sp³-hybridized carbons (Fsp3) is 0.400. The summed E-state index contributed by atoms with van der Waals surface area (Å²) in [4.78, 5) is 7.75. The van der Waals surface area contributed by atoms with Crippen LogP contribution in [0.4, 0.5) is 0 Å². The van der Waals surface area contributed by atoms with Crippen molar-refractivity contribution in [2.45, 2.75) is 26.8 Å². The van der Waals surface area contributed by atoms with E-state index < -0.39 is 0 Å². The number of benzene rings is 1. The highest BCUT2D eigenvalue weighted by atomic mass is 35.5. The smallest absolute Gasteiger partial charge is 0.110 e. The van der Waals surface area contributed by atoms with Crippen LogP contribution in [0.3, 0.4) is 0 Å². The van der Waals surface area contributed by atoms with Crippen LogP contribution in [-0.4, -0.2) is 16.5 Å². The predicted molar refractivity (Wildman–Crippen MR) is 79.4 cm³/mol. The fourth-order valence-corrected chi connectivity index (χ4v) is 2.00. The number of halogens is 1. The molecule has 0 aliphatic heterocycles. The summed E-state index contributed by atoms with van der Waals surface area (Å²) in [6.07, 6.45) is 2.71. The largest absolute Gasteiger partial charge is 0.345 e. The van der Waals surface area contributed by atoms with Gasteiger partial charge in [-0.15, -0.1) is 0 Å². The molecule has 0 aliphatic carbocycles. The number of imidazole rings is 1. The third-order valence-corrected chi connectivity index (χ3v) is 3.09. The van der Waals surface area contributed by atoms with Crippen LogP contribution in [0.1, 0.15) is 30.9 Å². The van der Waals surface area contributed by atoms with Gasteiger partial charge in [-0.25, -0.2) is 4.98 Å². The molecule has 1 heterocycles. The fourth-order valence-electron chi connectivity index (χ4n) is 1.88. The van der Waals surface area contributed by atoms with Crippen LogP contribution in [0.2, 0.25) is 5.02 Å². The minimum atomic E-state index is 0.663. The van der Waals surface area contributed by atoms with Gasteiger partial charge in [-0.2, -0.15) is 0 Å². The molecule has 102 valence electrons. The van der Waals surface area contributed by atoms with Crippen LogP contribution in [0.15, 0.2) is 30.5 Å². The zero-order valence-corrected chi connectivity index (χ0v) is 12.2. The van der Waals surface area contributed by atoms with Crippen LogP contribution in [0.5, 0.6) is 0 Å². The summed E-state index contributed by atoms with van der Waals surface area (Å²) in [6.45, 7) is 6.26. The molecule has 0 fully saturated rings. The van der Waals surface area contributed by atoms with Crippen LogP contribution in [0, 0.1) is 5.92 Å². The van der Waals surface area contributed by atoms with Crippen molar-refractivity contribution in [1.82, 2.24) is 15.3 Å². The molecule has 0 saturated heterocycles. The Morgan fingerprint density at radius 3 is 2.68 bits per heavy atom. The molecule has 3 nitrogen and oxygen atoms in total. The number of nitrogens with one attached hydrogen (secondary N) is 2. The number of aromatic amines is 1. The van der Waals surface area contributed by atoms with Gasteiger partial charge in [0.25, 0.3) is 0 Å². The summed E-state index contributed by atoms with van der Waals surface area (Å²) in [5.41, 5.74) is 2.34. The lowest BCUT2D eigenvalue weighted by atomic mass is 10.1. The molecule has 0 saturated carbocycles. The topological polar surface area (TPSA) is 40.7 Å². The standard InChI is InChI=1S/C15H20ClN3/c1-11(2)8-17-9-14-10-18-15(19-14)7-12-3-5-13(16)6-4-12/h3-6,10-11,17H,7-9H2,1-2H3,(H,18,19). The van der Waals surface area contributed by atoms with E-state index in [1.165, 1.54) is 5.56 Å². The second-order valence-electron chi connectivity index (χ2n) is 5.18. The molecule has 4 heteroatoms. The predicted octanol–water partition coefficient (Wildman–Crippen LogP) is 3.40. The average molecular weight is 278 g/mol. The molecule has 0 unspecified atom stereocenters. The summed E-state index contributed by atoms with van der Waals surface area (Å²) >= 11 is 5.87.